The van der Waals surface area contributed by atoms with Crippen LogP contribution < -0.4 is 25.0 Å². The van der Waals surface area contributed by atoms with E-state index in [9.17, 15) is 9.59 Å². The van der Waals surface area contributed by atoms with Gasteiger partial charge in [0.05, 0.1) is 27.5 Å². The van der Waals surface area contributed by atoms with Gasteiger partial charge in [-0.25, -0.2) is 5.43 Å². The maximum atomic E-state index is 11.9. The number of ether oxygens (including phenoxy) is 3. The molecule has 2 aromatic rings. The van der Waals surface area contributed by atoms with Crippen molar-refractivity contribution in [1.82, 2.24) is 5.43 Å². The van der Waals surface area contributed by atoms with Crippen LogP contribution in [0.25, 0.3) is 0 Å². The summed E-state index contributed by atoms with van der Waals surface area (Å²) < 4.78 is 15.7. The van der Waals surface area contributed by atoms with Gasteiger partial charge in [-0.15, -0.1) is 0 Å². The minimum Gasteiger partial charge on any atom is -0.493 e. The first-order chi connectivity index (χ1) is 13.4. The molecule has 0 aliphatic rings. The van der Waals surface area contributed by atoms with Crippen molar-refractivity contribution >= 4 is 35.3 Å². The van der Waals surface area contributed by atoms with Crippen molar-refractivity contribution in [2.75, 3.05) is 26.6 Å². The Morgan fingerprint density at radius 1 is 1.00 bits per heavy atom. The Kier molecular flexibility index (Phi) is 7.22. The molecule has 2 rings (SSSR count). The number of amides is 2. The molecule has 2 N–H and O–H groups in total. The summed E-state index contributed by atoms with van der Waals surface area (Å²) in [6.45, 7) is 1.83. The molecule has 0 saturated carbocycles. The zero-order valence-electron chi connectivity index (χ0n) is 15.8. The van der Waals surface area contributed by atoms with Gasteiger partial charge >= 0.3 is 11.8 Å². The normalized spacial score (nSPS) is 10.5. The first-order valence-corrected chi connectivity index (χ1v) is 8.48. The van der Waals surface area contributed by atoms with E-state index in [-0.39, 0.29) is 0 Å². The van der Waals surface area contributed by atoms with Crippen molar-refractivity contribution < 1.29 is 23.8 Å². The van der Waals surface area contributed by atoms with E-state index >= 15 is 0 Å². The molecular formula is C19H20ClN3O5. The highest BCUT2D eigenvalue weighted by Crippen LogP contribution is 2.37. The van der Waals surface area contributed by atoms with Crippen LogP contribution in [0.5, 0.6) is 17.2 Å². The summed E-state index contributed by atoms with van der Waals surface area (Å²) in [6.07, 6.45) is 1.35. The SMILES string of the molecule is COc1cc(C=NNC(=O)C(=O)Nc2ccc(C)c(Cl)c2)cc(OC)c1OC. The van der Waals surface area contributed by atoms with E-state index in [0.29, 0.717) is 33.5 Å². The number of nitrogens with one attached hydrogen (secondary N) is 2. The molecule has 0 fully saturated rings. The lowest BCUT2D eigenvalue weighted by atomic mass is 10.2. The topological polar surface area (TPSA) is 98.2 Å². The van der Waals surface area contributed by atoms with Crippen LogP contribution in [0.2, 0.25) is 5.02 Å². The van der Waals surface area contributed by atoms with E-state index in [1.807, 2.05) is 6.92 Å². The summed E-state index contributed by atoms with van der Waals surface area (Å²) in [7, 11) is 4.47. The highest BCUT2D eigenvalue weighted by atomic mass is 35.5. The molecule has 8 nitrogen and oxygen atoms in total. The Labute approximate surface area is 167 Å². The van der Waals surface area contributed by atoms with Crippen LogP contribution in [0, 0.1) is 6.92 Å². The van der Waals surface area contributed by atoms with Gasteiger partial charge < -0.3 is 19.5 Å². The molecule has 148 valence electrons. The lowest BCUT2D eigenvalue weighted by molar-refractivity contribution is -0.136. The summed E-state index contributed by atoms with van der Waals surface area (Å²) in [5.41, 5.74) is 3.99. The quantitative estimate of drug-likeness (QED) is 0.437. The van der Waals surface area contributed by atoms with Gasteiger partial charge in [-0.3, -0.25) is 9.59 Å². The molecule has 9 heteroatoms. The second kappa shape index (κ2) is 9.61. The first-order valence-electron chi connectivity index (χ1n) is 8.10. The summed E-state index contributed by atoms with van der Waals surface area (Å²) in [4.78, 5) is 23.8. The van der Waals surface area contributed by atoms with Crippen molar-refractivity contribution in [2.24, 2.45) is 5.10 Å². The highest BCUT2D eigenvalue weighted by Gasteiger charge is 2.14. The number of rotatable bonds is 6. The van der Waals surface area contributed by atoms with E-state index in [2.05, 4.69) is 15.8 Å². The molecule has 0 bridgehead atoms. The number of hydrazone groups is 1. The fraction of sp³-hybridized carbons (Fsp3) is 0.211. The van der Waals surface area contributed by atoms with Crippen LogP contribution in [0.4, 0.5) is 5.69 Å². The summed E-state index contributed by atoms with van der Waals surface area (Å²) >= 11 is 5.99. The number of methoxy groups -OCH3 is 3. The van der Waals surface area contributed by atoms with E-state index < -0.39 is 11.8 Å². The Hall–Kier alpha value is -3.26. The zero-order valence-corrected chi connectivity index (χ0v) is 16.6. The van der Waals surface area contributed by atoms with Crippen molar-refractivity contribution in [2.45, 2.75) is 6.92 Å². The number of hydrogen-bond acceptors (Lipinski definition) is 6. The molecule has 0 saturated heterocycles. The van der Waals surface area contributed by atoms with Crippen molar-refractivity contribution in [3.05, 3.63) is 46.5 Å². The van der Waals surface area contributed by atoms with Gasteiger partial charge in [0.25, 0.3) is 0 Å². The highest BCUT2D eigenvalue weighted by molar-refractivity contribution is 6.39. The van der Waals surface area contributed by atoms with E-state index in [4.69, 9.17) is 25.8 Å². The largest absolute Gasteiger partial charge is 0.493 e. The maximum Gasteiger partial charge on any atom is 0.329 e. The summed E-state index contributed by atoms with van der Waals surface area (Å²) in [5, 5.41) is 6.71. The first kappa shape index (κ1) is 21.0. The van der Waals surface area contributed by atoms with Crippen LogP contribution in [0.3, 0.4) is 0 Å². The van der Waals surface area contributed by atoms with Gasteiger partial charge in [0, 0.05) is 16.3 Å². The molecule has 0 aromatic heterocycles. The van der Waals surface area contributed by atoms with Crippen molar-refractivity contribution in [1.29, 1.82) is 0 Å². The second-order valence-electron chi connectivity index (χ2n) is 5.58. The number of nitrogens with zero attached hydrogens (tertiary/aromatic N) is 1. The molecule has 0 aliphatic carbocycles. The fourth-order valence-electron chi connectivity index (χ4n) is 2.25. The summed E-state index contributed by atoms with van der Waals surface area (Å²) in [5.74, 6) is -0.503. The van der Waals surface area contributed by atoms with Crippen molar-refractivity contribution in [3.8, 4) is 17.2 Å². The average molecular weight is 406 g/mol. The Balaban J connectivity index is 2.04. The van der Waals surface area contributed by atoms with E-state index in [0.717, 1.165) is 5.56 Å². The van der Waals surface area contributed by atoms with Crippen LogP contribution in [0.15, 0.2) is 35.4 Å². The van der Waals surface area contributed by atoms with Gasteiger partial charge in [0.15, 0.2) is 11.5 Å². The van der Waals surface area contributed by atoms with Crippen LogP contribution in [-0.2, 0) is 9.59 Å². The van der Waals surface area contributed by atoms with Crippen LogP contribution in [-0.4, -0.2) is 39.4 Å². The zero-order chi connectivity index (χ0) is 20.7. The number of carbonyl (C=O) groups excluding carboxylic acids is 2. The van der Waals surface area contributed by atoms with Gasteiger partial charge in [-0.1, -0.05) is 17.7 Å². The fourth-order valence-corrected chi connectivity index (χ4v) is 2.43. The summed E-state index contributed by atoms with van der Waals surface area (Å²) in [6, 6.07) is 8.22. The lowest BCUT2D eigenvalue weighted by Gasteiger charge is -2.12. The molecule has 28 heavy (non-hydrogen) atoms. The average Bonchev–Trinajstić information content (AvgIpc) is 2.69. The third-order valence-corrected chi connectivity index (χ3v) is 4.11. The molecule has 2 aromatic carbocycles. The number of carbonyl (C=O) groups is 2. The number of benzene rings is 2. The monoisotopic (exact) mass is 405 g/mol. The maximum absolute atomic E-state index is 11.9. The van der Waals surface area contributed by atoms with Crippen LogP contribution in [0.1, 0.15) is 11.1 Å². The standard InChI is InChI=1S/C19H20ClN3O5/c1-11-5-6-13(9-14(11)20)22-18(24)19(25)23-21-10-12-7-15(26-2)17(28-4)16(8-12)27-3/h5-10H,1-4H3,(H,22,24)(H,23,25). The predicted molar refractivity (Wildman–Crippen MR) is 107 cm³/mol. The molecule has 0 heterocycles. The van der Waals surface area contributed by atoms with Gasteiger partial charge in [0.1, 0.15) is 0 Å². The molecule has 0 spiro atoms. The third kappa shape index (κ3) is 5.14. The van der Waals surface area contributed by atoms with Crippen LogP contribution >= 0.6 is 11.6 Å². The third-order valence-electron chi connectivity index (χ3n) is 3.70. The number of aryl methyl sites for hydroxylation is 1. The number of halogens is 1. The molecule has 0 atom stereocenters. The molecule has 0 radical (unpaired) electrons. The minimum atomic E-state index is -0.930. The smallest absolute Gasteiger partial charge is 0.329 e. The molecule has 0 unspecified atom stereocenters. The molecular weight excluding hydrogens is 386 g/mol. The van der Waals surface area contributed by atoms with Gasteiger partial charge in [-0.2, -0.15) is 5.10 Å². The lowest BCUT2D eigenvalue weighted by Crippen LogP contribution is -2.32. The predicted octanol–water partition coefficient (Wildman–Crippen LogP) is 2.76. The molecule has 0 aliphatic heterocycles. The van der Waals surface area contributed by atoms with Crippen molar-refractivity contribution in [3.63, 3.8) is 0 Å². The number of hydrogen-bond donors (Lipinski definition) is 2. The second-order valence-corrected chi connectivity index (χ2v) is 5.98. The molecule has 2 amide bonds. The Bertz CT molecular complexity index is 889. The minimum absolute atomic E-state index is 0.407. The van der Waals surface area contributed by atoms with E-state index in [1.165, 1.54) is 27.5 Å². The Morgan fingerprint density at radius 2 is 1.64 bits per heavy atom. The van der Waals surface area contributed by atoms with E-state index in [1.54, 1.807) is 30.3 Å². The van der Waals surface area contributed by atoms with Gasteiger partial charge in [-0.05, 0) is 36.8 Å². The number of anilines is 1. The Morgan fingerprint density at radius 3 is 2.18 bits per heavy atom. The van der Waals surface area contributed by atoms with Gasteiger partial charge in [0.2, 0.25) is 5.75 Å².